The van der Waals surface area contributed by atoms with Crippen LogP contribution in [-0.4, -0.2) is 0 Å². The van der Waals surface area contributed by atoms with Gasteiger partial charge >= 0.3 is 0 Å². The van der Waals surface area contributed by atoms with Crippen molar-refractivity contribution in [1.82, 2.24) is 0 Å². The molecule has 3 heteroatoms. The van der Waals surface area contributed by atoms with Crippen molar-refractivity contribution in [2.24, 2.45) is 5.73 Å². The Morgan fingerprint density at radius 1 is 1.17 bits per heavy atom. The molecule has 2 heterocycles. The smallest absolute Gasteiger partial charge is 0.0660 e. The SMILES string of the molecule is Cc1cc(C(N)c2csc3ccccc23)sc1C. The summed E-state index contributed by atoms with van der Waals surface area (Å²) in [6, 6.07) is 10.7. The fourth-order valence-electron chi connectivity index (χ4n) is 2.15. The van der Waals surface area contributed by atoms with Gasteiger partial charge in [0.05, 0.1) is 6.04 Å². The molecule has 1 nitrogen and oxygen atoms in total. The van der Waals surface area contributed by atoms with E-state index in [-0.39, 0.29) is 6.04 Å². The molecule has 1 unspecified atom stereocenters. The first-order valence-corrected chi connectivity index (χ1v) is 7.65. The molecule has 92 valence electrons. The minimum absolute atomic E-state index is 0.00134. The molecule has 0 radical (unpaired) electrons. The van der Waals surface area contributed by atoms with Crippen molar-refractivity contribution >= 4 is 32.8 Å². The molecule has 0 aliphatic heterocycles. The normalized spacial score (nSPS) is 13.1. The van der Waals surface area contributed by atoms with Gasteiger partial charge in [-0.15, -0.1) is 22.7 Å². The van der Waals surface area contributed by atoms with Gasteiger partial charge in [0.15, 0.2) is 0 Å². The number of hydrogen-bond acceptors (Lipinski definition) is 3. The summed E-state index contributed by atoms with van der Waals surface area (Å²) in [7, 11) is 0. The Hall–Kier alpha value is -1.16. The van der Waals surface area contributed by atoms with Gasteiger partial charge in [0.1, 0.15) is 0 Å². The van der Waals surface area contributed by atoms with E-state index in [1.807, 2.05) is 11.3 Å². The zero-order valence-corrected chi connectivity index (χ0v) is 12.1. The minimum atomic E-state index is -0.00134. The van der Waals surface area contributed by atoms with Crippen molar-refractivity contribution < 1.29 is 0 Å². The average Bonchev–Trinajstić information content (AvgIpc) is 2.93. The first-order chi connectivity index (χ1) is 8.66. The van der Waals surface area contributed by atoms with Gasteiger partial charge in [0.2, 0.25) is 0 Å². The Balaban J connectivity index is 2.09. The summed E-state index contributed by atoms with van der Waals surface area (Å²) < 4.78 is 1.31. The molecular weight excluding hydrogens is 258 g/mol. The Morgan fingerprint density at radius 3 is 2.67 bits per heavy atom. The number of aryl methyl sites for hydroxylation is 2. The summed E-state index contributed by atoms with van der Waals surface area (Å²) in [5.74, 6) is 0. The van der Waals surface area contributed by atoms with Gasteiger partial charge < -0.3 is 5.73 Å². The van der Waals surface area contributed by atoms with Gasteiger partial charge in [0.25, 0.3) is 0 Å². The van der Waals surface area contributed by atoms with Crippen LogP contribution in [0.25, 0.3) is 10.1 Å². The molecular formula is C15H15NS2. The monoisotopic (exact) mass is 273 g/mol. The topological polar surface area (TPSA) is 26.0 Å². The highest BCUT2D eigenvalue weighted by Gasteiger charge is 2.16. The third kappa shape index (κ3) is 1.88. The van der Waals surface area contributed by atoms with Gasteiger partial charge in [-0.25, -0.2) is 0 Å². The van der Waals surface area contributed by atoms with Gasteiger partial charge in [-0.3, -0.25) is 0 Å². The van der Waals surface area contributed by atoms with Crippen LogP contribution in [0.3, 0.4) is 0 Å². The van der Waals surface area contributed by atoms with Crippen LogP contribution in [0, 0.1) is 13.8 Å². The Morgan fingerprint density at radius 2 is 1.94 bits per heavy atom. The number of hydrogen-bond donors (Lipinski definition) is 1. The van der Waals surface area contributed by atoms with E-state index in [0.717, 1.165) is 0 Å². The maximum atomic E-state index is 6.43. The summed E-state index contributed by atoms with van der Waals surface area (Å²) in [5.41, 5.74) is 9.01. The predicted octanol–water partition coefficient (Wildman–Crippen LogP) is 4.63. The molecule has 0 saturated carbocycles. The van der Waals surface area contributed by atoms with Gasteiger partial charge in [-0.05, 0) is 47.9 Å². The molecule has 3 rings (SSSR count). The Bertz CT molecular complexity index is 674. The van der Waals surface area contributed by atoms with Crippen LogP contribution >= 0.6 is 22.7 Å². The van der Waals surface area contributed by atoms with Gasteiger partial charge in [-0.2, -0.15) is 0 Å². The first-order valence-electron chi connectivity index (χ1n) is 5.95. The predicted molar refractivity (Wildman–Crippen MR) is 81.6 cm³/mol. The highest BCUT2D eigenvalue weighted by molar-refractivity contribution is 7.17. The van der Waals surface area contributed by atoms with Crippen molar-refractivity contribution in [3.8, 4) is 0 Å². The summed E-state index contributed by atoms with van der Waals surface area (Å²) in [6.07, 6.45) is 0. The highest BCUT2D eigenvalue weighted by atomic mass is 32.1. The lowest BCUT2D eigenvalue weighted by molar-refractivity contribution is 0.907. The van der Waals surface area contributed by atoms with E-state index in [9.17, 15) is 0 Å². The fourth-order valence-corrected chi connectivity index (χ4v) is 4.21. The third-order valence-electron chi connectivity index (χ3n) is 3.34. The number of nitrogens with two attached hydrogens (primary N) is 1. The van der Waals surface area contributed by atoms with Crippen molar-refractivity contribution in [2.75, 3.05) is 0 Å². The van der Waals surface area contributed by atoms with Crippen molar-refractivity contribution in [3.05, 3.63) is 56.6 Å². The second kappa shape index (κ2) is 4.50. The van der Waals surface area contributed by atoms with Gasteiger partial charge in [0, 0.05) is 14.5 Å². The first kappa shape index (κ1) is 11.9. The van der Waals surface area contributed by atoms with Crippen LogP contribution in [0.4, 0.5) is 0 Å². The minimum Gasteiger partial charge on any atom is -0.320 e. The molecule has 0 aliphatic carbocycles. The highest BCUT2D eigenvalue weighted by Crippen LogP contribution is 2.35. The largest absolute Gasteiger partial charge is 0.320 e. The van der Waals surface area contributed by atoms with E-state index in [2.05, 4.69) is 49.6 Å². The number of rotatable bonds is 2. The quantitative estimate of drug-likeness (QED) is 0.724. The lowest BCUT2D eigenvalue weighted by Gasteiger charge is -2.08. The summed E-state index contributed by atoms with van der Waals surface area (Å²) >= 11 is 3.58. The number of fused-ring (bicyclic) bond motifs is 1. The van der Waals surface area contributed by atoms with E-state index in [0.29, 0.717) is 0 Å². The summed E-state index contributed by atoms with van der Waals surface area (Å²) in [4.78, 5) is 2.62. The van der Waals surface area contributed by atoms with Crippen LogP contribution in [0.5, 0.6) is 0 Å². The van der Waals surface area contributed by atoms with Crippen LogP contribution in [0.2, 0.25) is 0 Å². The molecule has 0 amide bonds. The van der Waals surface area contributed by atoms with E-state index >= 15 is 0 Å². The second-order valence-electron chi connectivity index (χ2n) is 4.55. The number of thiophene rings is 2. The number of benzene rings is 1. The third-order valence-corrected chi connectivity index (χ3v) is 5.55. The van der Waals surface area contributed by atoms with E-state index in [1.54, 1.807) is 11.3 Å². The van der Waals surface area contributed by atoms with Crippen LogP contribution < -0.4 is 5.73 Å². The van der Waals surface area contributed by atoms with E-state index in [4.69, 9.17) is 5.73 Å². The fraction of sp³-hybridized carbons (Fsp3) is 0.200. The van der Waals surface area contributed by atoms with Gasteiger partial charge in [-0.1, -0.05) is 18.2 Å². The van der Waals surface area contributed by atoms with Crippen molar-refractivity contribution in [3.63, 3.8) is 0 Å². The van der Waals surface area contributed by atoms with Crippen molar-refractivity contribution in [2.45, 2.75) is 19.9 Å². The Labute approximate surface area is 115 Å². The molecule has 2 aromatic heterocycles. The molecule has 0 spiro atoms. The van der Waals surface area contributed by atoms with Crippen LogP contribution in [0.1, 0.15) is 26.9 Å². The second-order valence-corrected chi connectivity index (χ2v) is 6.75. The maximum Gasteiger partial charge on any atom is 0.0660 e. The Kier molecular flexibility index (Phi) is 2.98. The van der Waals surface area contributed by atoms with Crippen molar-refractivity contribution in [1.29, 1.82) is 0 Å². The molecule has 2 N–H and O–H groups in total. The standard InChI is InChI=1S/C15H15NS2/c1-9-7-14(18-10(9)2)15(16)12-8-17-13-6-4-3-5-11(12)13/h3-8,15H,16H2,1-2H3. The molecule has 18 heavy (non-hydrogen) atoms. The molecule has 1 atom stereocenters. The molecule has 0 aliphatic rings. The molecule has 0 saturated heterocycles. The summed E-state index contributed by atoms with van der Waals surface area (Å²) in [6.45, 7) is 4.30. The molecule has 1 aromatic carbocycles. The molecule has 0 bridgehead atoms. The maximum absolute atomic E-state index is 6.43. The van der Waals surface area contributed by atoms with E-state index in [1.165, 1.54) is 31.0 Å². The van der Waals surface area contributed by atoms with E-state index < -0.39 is 0 Å². The lowest BCUT2D eigenvalue weighted by atomic mass is 10.0. The zero-order valence-electron chi connectivity index (χ0n) is 10.4. The summed E-state index contributed by atoms with van der Waals surface area (Å²) in [5, 5.41) is 3.48. The van der Waals surface area contributed by atoms with Crippen LogP contribution in [0.15, 0.2) is 35.7 Å². The lowest BCUT2D eigenvalue weighted by Crippen LogP contribution is -2.09. The average molecular weight is 273 g/mol. The molecule has 0 fully saturated rings. The van der Waals surface area contributed by atoms with Crippen LogP contribution in [-0.2, 0) is 0 Å². The zero-order chi connectivity index (χ0) is 12.7. The molecule has 3 aromatic rings.